The van der Waals surface area contributed by atoms with E-state index in [9.17, 15) is 9.59 Å². The molecule has 0 amide bonds. The first-order valence-electron chi connectivity index (χ1n) is 13.0. The van der Waals surface area contributed by atoms with E-state index in [1.807, 2.05) is 72.8 Å². The van der Waals surface area contributed by atoms with Gasteiger partial charge in [-0.2, -0.15) is 10.2 Å². The first-order valence-corrected chi connectivity index (χ1v) is 13.0. The molecule has 40 heavy (non-hydrogen) atoms. The van der Waals surface area contributed by atoms with Crippen LogP contribution in [0, 0.1) is 0 Å². The third-order valence-corrected chi connectivity index (χ3v) is 6.15. The lowest BCUT2D eigenvalue weighted by molar-refractivity contribution is -0.143. The number of nitrogens with one attached hydrogen (secondary N) is 2. The Balaban J connectivity index is 1.40. The zero-order valence-corrected chi connectivity index (χ0v) is 22.2. The minimum absolute atomic E-state index is 0.0502. The van der Waals surface area contributed by atoms with Gasteiger partial charge in [-0.25, -0.2) is 0 Å². The summed E-state index contributed by atoms with van der Waals surface area (Å²) in [6.07, 6.45) is 0.100. The van der Waals surface area contributed by atoms with Crippen molar-refractivity contribution in [1.29, 1.82) is 0 Å². The van der Waals surface area contributed by atoms with Crippen LogP contribution in [0.2, 0.25) is 0 Å². The summed E-state index contributed by atoms with van der Waals surface area (Å²) >= 11 is 0. The lowest BCUT2D eigenvalue weighted by atomic mass is 10.1. The Labute approximate surface area is 230 Å². The van der Waals surface area contributed by atoms with Crippen LogP contribution >= 0.6 is 0 Å². The third kappa shape index (κ3) is 5.96. The highest BCUT2D eigenvalue weighted by atomic mass is 16.5. The highest BCUT2D eigenvalue weighted by Crippen LogP contribution is 2.30. The summed E-state index contributed by atoms with van der Waals surface area (Å²) in [5, 5.41) is 27.4. The Hall–Kier alpha value is -5.12. The number of nitrogens with zero attached hydrogens (tertiary/aromatic N) is 4. The van der Waals surface area contributed by atoms with Crippen LogP contribution in [-0.4, -0.2) is 45.5 Å². The fourth-order valence-corrected chi connectivity index (χ4v) is 4.41. The number of anilines is 4. The fourth-order valence-electron chi connectivity index (χ4n) is 4.41. The van der Waals surface area contributed by atoms with Gasteiger partial charge in [-0.3, -0.25) is 9.59 Å². The maximum absolute atomic E-state index is 12.1. The van der Waals surface area contributed by atoms with Gasteiger partial charge in [-0.05, 0) is 32.0 Å². The van der Waals surface area contributed by atoms with Crippen LogP contribution < -0.4 is 10.6 Å². The molecule has 0 aliphatic heterocycles. The molecule has 3 aromatic carbocycles. The van der Waals surface area contributed by atoms with Crippen LogP contribution in [-0.2, 0) is 31.9 Å². The van der Waals surface area contributed by atoms with Crippen molar-refractivity contribution in [3.05, 3.63) is 84.2 Å². The number of hydrogen-bond donors (Lipinski definition) is 2. The molecule has 10 heteroatoms. The molecule has 202 valence electrons. The molecule has 0 saturated carbocycles. The molecule has 0 radical (unpaired) electrons. The molecule has 0 unspecified atom stereocenters. The molecule has 10 nitrogen and oxygen atoms in total. The van der Waals surface area contributed by atoms with Crippen LogP contribution in [0.3, 0.4) is 0 Å². The molecule has 2 heterocycles. The maximum atomic E-state index is 12.1. The van der Waals surface area contributed by atoms with Gasteiger partial charge < -0.3 is 20.1 Å². The van der Waals surface area contributed by atoms with Gasteiger partial charge in [0.15, 0.2) is 11.6 Å². The zero-order valence-electron chi connectivity index (χ0n) is 22.2. The summed E-state index contributed by atoms with van der Waals surface area (Å²) in [6.45, 7) is 4.17. The van der Waals surface area contributed by atoms with Crippen molar-refractivity contribution in [2.75, 3.05) is 23.8 Å². The van der Waals surface area contributed by atoms with E-state index in [1.165, 1.54) is 0 Å². The van der Waals surface area contributed by atoms with Gasteiger partial charge in [0.05, 0.1) is 37.4 Å². The number of aromatic nitrogens is 4. The van der Waals surface area contributed by atoms with E-state index >= 15 is 0 Å². The SMILES string of the molecule is CCOC(=O)Cc1nnc(Nc2cccc(Nc3nnc(CC(=O)OCC)c4ccccc34)c2)c2ccccc12. The highest BCUT2D eigenvalue weighted by molar-refractivity contribution is 5.97. The van der Waals surface area contributed by atoms with Crippen LogP contribution in [0.25, 0.3) is 21.5 Å². The van der Waals surface area contributed by atoms with Crippen molar-refractivity contribution in [2.45, 2.75) is 26.7 Å². The lowest BCUT2D eigenvalue weighted by Gasteiger charge is -2.13. The van der Waals surface area contributed by atoms with Crippen molar-refractivity contribution in [2.24, 2.45) is 0 Å². The first kappa shape index (κ1) is 26.5. The summed E-state index contributed by atoms with van der Waals surface area (Å²) in [6, 6.07) is 23.0. The van der Waals surface area contributed by atoms with Crippen molar-refractivity contribution in [3.63, 3.8) is 0 Å². The summed E-state index contributed by atoms with van der Waals surface area (Å²) in [5.74, 6) is 0.444. The first-order chi connectivity index (χ1) is 19.6. The number of ether oxygens (including phenoxy) is 2. The zero-order chi connectivity index (χ0) is 27.9. The van der Waals surface area contributed by atoms with Crippen LogP contribution in [0.4, 0.5) is 23.0 Å². The summed E-state index contributed by atoms with van der Waals surface area (Å²) in [5.41, 5.74) is 2.68. The molecule has 0 spiro atoms. The van der Waals surface area contributed by atoms with Gasteiger partial charge >= 0.3 is 11.9 Å². The standard InChI is InChI=1S/C30H28N6O4/c1-3-39-27(37)17-25-21-12-5-7-14-23(21)29(35-33-25)31-19-10-9-11-20(16-19)32-30-24-15-8-6-13-22(24)26(34-36-30)18-28(38)40-4-2/h5-16H,3-4,17-18H2,1-2H3,(H,31,35)(H,32,36). The Morgan fingerprint density at radius 1 is 0.600 bits per heavy atom. The van der Waals surface area contributed by atoms with Gasteiger partial charge in [0.1, 0.15) is 0 Å². The van der Waals surface area contributed by atoms with E-state index in [4.69, 9.17) is 9.47 Å². The number of esters is 2. The lowest BCUT2D eigenvalue weighted by Crippen LogP contribution is -2.11. The molecule has 2 aromatic heterocycles. The van der Waals surface area contributed by atoms with Gasteiger partial charge in [-0.1, -0.05) is 54.6 Å². The number of fused-ring (bicyclic) bond motifs is 2. The predicted molar refractivity (Wildman–Crippen MR) is 153 cm³/mol. The number of carbonyl (C=O) groups excluding carboxylic acids is 2. The van der Waals surface area contributed by atoms with Crippen molar-refractivity contribution < 1.29 is 19.1 Å². The minimum Gasteiger partial charge on any atom is -0.466 e. The summed E-state index contributed by atoms with van der Waals surface area (Å²) in [4.78, 5) is 24.1. The predicted octanol–water partition coefficient (Wildman–Crippen LogP) is 5.27. The molecule has 0 saturated heterocycles. The summed E-state index contributed by atoms with van der Waals surface area (Å²) in [7, 11) is 0. The third-order valence-electron chi connectivity index (χ3n) is 6.15. The van der Waals surface area contributed by atoms with E-state index in [0.29, 0.717) is 36.2 Å². The average molecular weight is 537 g/mol. The molecule has 0 atom stereocenters. The van der Waals surface area contributed by atoms with Crippen molar-refractivity contribution in [3.8, 4) is 0 Å². The molecule has 0 fully saturated rings. The molecule has 0 bridgehead atoms. The Morgan fingerprint density at radius 2 is 1.02 bits per heavy atom. The van der Waals surface area contributed by atoms with Gasteiger partial charge in [0.25, 0.3) is 0 Å². The van der Waals surface area contributed by atoms with Gasteiger partial charge in [0, 0.05) is 32.9 Å². The summed E-state index contributed by atoms with van der Waals surface area (Å²) < 4.78 is 10.2. The average Bonchev–Trinajstić information content (AvgIpc) is 2.96. The minimum atomic E-state index is -0.342. The molecular formula is C30H28N6O4. The van der Waals surface area contributed by atoms with E-state index in [2.05, 4.69) is 31.0 Å². The number of rotatable bonds is 10. The van der Waals surface area contributed by atoms with Crippen LogP contribution in [0.5, 0.6) is 0 Å². The Morgan fingerprint density at radius 3 is 1.45 bits per heavy atom. The topological polar surface area (TPSA) is 128 Å². The van der Waals surface area contributed by atoms with Gasteiger partial charge in [-0.15, -0.1) is 10.2 Å². The smallest absolute Gasteiger partial charge is 0.311 e. The van der Waals surface area contributed by atoms with E-state index in [-0.39, 0.29) is 24.8 Å². The van der Waals surface area contributed by atoms with E-state index in [1.54, 1.807) is 13.8 Å². The van der Waals surface area contributed by atoms with Crippen LogP contribution in [0.1, 0.15) is 25.2 Å². The quantitative estimate of drug-likeness (QED) is 0.228. The van der Waals surface area contributed by atoms with Gasteiger partial charge in [0.2, 0.25) is 0 Å². The number of hydrogen-bond acceptors (Lipinski definition) is 10. The Bertz CT molecular complexity index is 1570. The number of carbonyl (C=O) groups is 2. The molecule has 0 aliphatic carbocycles. The number of benzene rings is 3. The largest absolute Gasteiger partial charge is 0.466 e. The molecule has 5 aromatic rings. The fraction of sp³-hybridized carbons (Fsp3) is 0.200. The maximum Gasteiger partial charge on any atom is 0.311 e. The Kier molecular flexibility index (Phi) is 8.05. The second-order valence-electron chi connectivity index (χ2n) is 8.88. The van der Waals surface area contributed by atoms with Crippen molar-refractivity contribution >= 4 is 56.5 Å². The van der Waals surface area contributed by atoms with Crippen LogP contribution in [0.15, 0.2) is 72.8 Å². The monoisotopic (exact) mass is 536 g/mol. The molecule has 0 aliphatic rings. The second kappa shape index (κ2) is 12.2. The molecule has 2 N–H and O–H groups in total. The van der Waals surface area contributed by atoms with E-state index in [0.717, 1.165) is 32.9 Å². The van der Waals surface area contributed by atoms with E-state index < -0.39 is 0 Å². The molecule has 5 rings (SSSR count). The normalized spacial score (nSPS) is 10.8. The van der Waals surface area contributed by atoms with Crippen molar-refractivity contribution in [1.82, 2.24) is 20.4 Å². The second-order valence-corrected chi connectivity index (χ2v) is 8.88. The molecular weight excluding hydrogens is 508 g/mol. The highest BCUT2D eigenvalue weighted by Gasteiger charge is 2.15.